The highest BCUT2D eigenvalue weighted by Crippen LogP contribution is 2.34. The minimum atomic E-state index is -0.697. The van der Waals surface area contributed by atoms with Crippen molar-refractivity contribution >= 4 is 5.97 Å². The van der Waals surface area contributed by atoms with Gasteiger partial charge in [-0.3, -0.25) is 4.79 Å². The number of hydrogen-bond acceptors (Lipinski definition) is 3. The molecule has 2 aliphatic rings. The van der Waals surface area contributed by atoms with E-state index in [1.54, 1.807) is 0 Å². The number of ether oxygens (including phenoxy) is 1. The molecule has 4 heteroatoms. The van der Waals surface area contributed by atoms with E-state index >= 15 is 0 Å². The van der Waals surface area contributed by atoms with Gasteiger partial charge in [0.2, 0.25) is 0 Å². The van der Waals surface area contributed by atoms with Crippen LogP contribution < -0.4 is 0 Å². The lowest BCUT2D eigenvalue weighted by Crippen LogP contribution is -2.30. The number of carbonyl (C=O) groups is 1. The molecule has 146 valence electrons. The van der Waals surface area contributed by atoms with Crippen molar-refractivity contribution in [3.63, 3.8) is 0 Å². The Kier molecular flexibility index (Phi) is 9.15. The van der Waals surface area contributed by atoms with E-state index in [-0.39, 0.29) is 23.9 Å². The van der Waals surface area contributed by atoms with Crippen LogP contribution in [0.25, 0.3) is 0 Å². The molecular weight excluding hydrogens is 329 g/mol. The van der Waals surface area contributed by atoms with Crippen LogP contribution in [0.2, 0.25) is 0 Å². The van der Waals surface area contributed by atoms with Crippen LogP contribution in [0, 0.1) is 29.1 Å². The number of hydrogen-bond donors (Lipinski definition) is 0. The summed E-state index contributed by atoms with van der Waals surface area (Å²) in [4.78, 5) is 12.4. The Morgan fingerprint density at radius 3 is 2.38 bits per heavy atom. The first-order valence-corrected chi connectivity index (χ1v) is 10.6. The van der Waals surface area contributed by atoms with E-state index in [1.165, 1.54) is 44.2 Å². The Bertz CT molecular complexity index is 495. The number of unbranched alkanes of at least 4 members (excludes halogenated alkanes) is 3. The normalized spacial score (nSPS) is 29.8. The maximum absolute atomic E-state index is 13.0. The van der Waals surface area contributed by atoms with Crippen molar-refractivity contribution in [2.75, 3.05) is 0 Å². The molecule has 0 amide bonds. The van der Waals surface area contributed by atoms with Crippen molar-refractivity contribution in [3.05, 3.63) is 11.9 Å². The zero-order chi connectivity index (χ0) is 18.8. The lowest BCUT2D eigenvalue weighted by molar-refractivity contribution is -0.157. The zero-order valence-corrected chi connectivity index (χ0v) is 16.2. The average Bonchev–Trinajstić information content (AvgIpc) is 2.67. The highest BCUT2D eigenvalue weighted by atomic mass is 19.1. The second kappa shape index (κ2) is 11.4. The maximum atomic E-state index is 13.0. The molecule has 0 aliphatic heterocycles. The third kappa shape index (κ3) is 7.09. The summed E-state index contributed by atoms with van der Waals surface area (Å²) in [7, 11) is 0. The minimum absolute atomic E-state index is 0.0170. The maximum Gasteiger partial charge on any atom is 0.309 e. The molecule has 0 saturated heterocycles. The smallest absolute Gasteiger partial charge is 0.309 e. The Morgan fingerprint density at radius 2 is 1.77 bits per heavy atom. The van der Waals surface area contributed by atoms with E-state index in [9.17, 15) is 9.18 Å². The second-order valence-electron chi connectivity index (χ2n) is 8.17. The Balaban J connectivity index is 1.63. The van der Waals surface area contributed by atoms with Crippen LogP contribution in [0.15, 0.2) is 11.9 Å². The van der Waals surface area contributed by atoms with Crippen LogP contribution >= 0.6 is 0 Å². The standard InChI is InChI=1S/C22H34FNO2/c1-2-3-4-5-6-17-7-11-19(12-8-17)22(25)26-21-13-9-18(10-14-21)15-20(23)16-24/h15,17-19,21H,2-14H2,1H3. The molecule has 0 spiro atoms. The summed E-state index contributed by atoms with van der Waals surface area (Å²) in [5.41, 5.74) is 0. The molecule has 0 atom stereocenters. The number of nitriles is 1. The van der Waals surface area contributed by atoms with Gasteiger partial charge in [0.05, 0.1) is 5.92 Å². The van der Waals surface area contributed by atoms with Gasteiger partial charge in [0.15, 0.2) is 5.83 Å². The lowest BCUT2D eigenvalue weighted by Gasteiger charge is -2.31. The van der Waals surface area contributed by atoms with Gasteiger partial charge in [-0.1, -0.05) is 39.0 Å². The van der Waals surface area contributed by atoms with E-state index in [0.29, 0.717) is 0 Å². The monoisotopic (exact) mass is 363 g/mol. The largest absolute Gasteiger partial charge is 0.462 e. The molecule has 0 bridgehead atoms. The molecule has 3 nitrogen and oxygen atoms in total. The van der Waals surface area contributed by atoms with Gasteiger partial charge in [-0.2, -0.15) is 9.65 Å². The fraction of sp³-hybridized carbons (Fsp3) is 0.818. The van der Waals surface area contributed by atoms with Gasteiger partial charge in [-0.15, -0.1) is 0 Å². The Labute approximate surface area is 158 Å². The summed E-state index contributed by atoms with van der Waals surface area (Å²) in [6.45, 7) is 2.24. The number of rotatable bonds is 8. The number of carbonyl (C=O) groups excluding carboxylic acids is 1. The Hall–Kier alpha value is -1.37. The van der Waals surface area contributed by atoms with Crippen LogP contribution in [0.1, 0.15) is 90.4 Å². The van der Waals surface area contributed by atoms with Gasteiger partial charge < -0.3 is 4.74 Å². The van der Waals surface area contributed by atoms with E-state index in [4.69, 9.17) is 10.00 Å². The predicted octanol–water partition coefficient (Wildman–Crippen LogP) is 6.24. The van der Waals surface area contributed by atoms with Crippen molar-refractivity contribution in [3.8, 4) is 6.07 Å². The molecule has 2 saturated carbocycles. The summed E-state index contributed by atoms with van der Waals surface area (Å²) < 4.78 is 18.8. The fourth-order valence-electron chi connectivity index (χ4n) is 4.42. The number of nitrogens with zero attached hydrogens (tertiary/aromatic N) is 1. The predicted molar refractivity (Wildman–Crippen MR) is 101 cm³/mol. The summed E-state index contributed by atoms with van der Waals surface area (Å²) in [5.74, 6) is 0.269. The van der Waals surface area contributed by atoms with Crippen molar-refractivity contribution in [2.45, 2.75) is 96.5 Å². The van der Waals surface area contributed by atoms with Crippen LogP contribution in [-0.4, -0.2) is 12.1 Å². The van der Waals surface area contributed by atoms with E-state index in [1.807, 2.05) is 0 Å². The van der Waals surface area contributed by atoms with Crippen molar-refractivity contribution in [1.82, 2.24) is 0 Å². The quantitative estimate of drug-likeness (QED) is 0.291. The first-order valence-electron chi connectivity index (χ1n) is 10.6. The van der Waals surface area contributed by atoms with Gasteiger partial charge in [-0.05, 0) is 69.3 Å². The van der Waals surface area contributed by atoms with Crippen molar-refractivity contribution < 1.29 is 13.9 Å². The number of halogens is 1. The molecule has 0 aromatic heterocycles. The summed E-state index contributed by atoms with van der Waals surface area (Å²) in [6, 6.07) is 1.53. The molecule has 2 aliphatic carbocycles. The van der Waals surface area contributed by atoms with Gasteiger partial charge >= 0.3 is 5.97 Å². The summed E-state index contributed by atoms with van der Waals surface area (Å²) in [5, 5.41) is 8.51. The molecule has 0 radical (unpaired) electrons. The SMILES string of the molecule is CCCCCCC1CCC(C(=O)OC2CCC(C=C(F)C#N)CC2)CC1. The van der Waals surface area contributed by atoms with Crippen LogP contribution in [0.4, 0.5) is 4.39 Å². The first-order chi connectivity index (χ1) is 12.6. The van der Waals surface area contributed by atoms with Crippen LogP contribution in [0.3, 0.4) is 0 Å². The van der Waals surface area contributed by atoms with Crippen molar-refractivity contribution in [1.29, 1.82) is 5.26 Å². The first kappa shape index (κ1) is 20.9. The van der Waals surface area contributed by atoms with Gasteiger partial charge in [0, 0.05) is 0 Å². The van der Waals surface area contributed by atoms with Crippen LogP contribution in [-0.2, 0) is 9.53 Å². The molecule has 0 aromatic rings. The third-order valence-corrected chi connectivity index (χ3v) is 6.14. The highest BCUT2D eigenvalue weighted by Gasteiger charge is 2.30. The van der Waals surface area contributed by atoms with E-state index in [0.717, 1.165) is 57.3 Å². The molecule has 2 fully saturated rings. The second-order valence-corrected chi connectivity index (χ2v) is 8.17. The fourth-order valence-corrected chi connectivity index (χ4v) is 4.42. The lowest BCUT2D eigenvalue weighted by atomic mass is 9.79. The van der Waals surface area contributed by atoms with Crippen molar-refractivity contribution in [2.24, 2.45) is 17.8 Å². The van der Waals surface area contributed by atoms with Crippen LogP contribution in [0.5, 0.6) is 0 Å². The van der Waals surface area contributed by atoms with E-state index in [2.05, 4.69) is 6.92 Å². The highest BCUT2D eigenvalue weighted by molar-refractivity contribution is 5.72. The molecule has 26 heavy (non-hydrogen) atoms. The third-order valence-electron chi connectivity index (χ3n) is 6.14. The molecular formula is C22H34FNO2. The molecule has 0 aromatic carbocycles. The molecule has 0 heterocycles. The van der Waals surface area contributed by atoms with Gasteiger partial charge in [-0.25, -0.2) is 0 Å². The summed E-state index contributed by atoms with van der Waals surface area (Å²) in [6.07, 6.45) is 15.4. The topological polar surface area (TPSA) is 50.1 Å². The zero-order valence-electron chi connectivity index (χ0n) is 16.2. The average molecular weight is 364 g/mol. The van der Waals surface area contributed by atoms with Gasteiger partial charge in [0.1, 0.15) is 12.2 Å². The Morgan fingerprint density at radius 1 is 1.08 bits per heavy atom. The number of allylic oxidation sites excluding steroid dienone is 2. The summed E-state index contributed by atoms with van der Waals surface area (Å²) >= 11 is 0. The van der Waals surface area contributed by atoms with E-state index < -0.39 is 5.83 Å². The molecule has 0 unspecified atom stereocenters. The number of esters is 1. The molecule has 0 N–H and O–H groups in total. The van der Waals surface area contributed by atoms with Gasteiger partial charge in [0.25, 0.3) is 0 Å². The molecule has 2 rings (SSSR count). The minimum Gasteiger partial charge on any atom is -0.462 e.